The number of thiazole rings is 1. The monoisotopic (exact) mass is 332 g/mol. The van der Waals surface area contributed by atoms with Crippen molar-refractivity contribution in [2.45, 2.75) is 18.8 Å². The predicted molar refractivity (Wildman–Crippen MR) is 91.0 cm³/mol. The zero-order valence-corrected chi connectivity index (χ0v) is 14.1. The van der Waals surface area contributed by atoms with Gasteiger partial charge in [-0.3, -0.25) is 0 Å². The van der Waals surface area contributed by atoms with Gasteiger partial charge in [0, 0.05) is 44.7 Å². The molecule has 1 saturated heterocycles. The van der Waals surface area contributed by atoms with Crippen LogP contribution in [0.3, 0.4) is 0 Å². The van der Waals surface area contributed by atoms with E-state index in [1.165, 1.54) is 6.33 Å². The molecule has 1 atom stereocenters. The first kappa shape index (κ1) is 15.7. The number of carbonyl (C=O) groups is 1. The van der Waals surface area contributed by atoms with E-state index in [2.05, 4.69) is 20.3 Å². The van der Waals surface area contributed by atoms with E-state index in [0.717, 1.165) is 24.4 Å². The molecule has 0 radical (unpaired) electrons. The van der Waals surface area contributed by atoms with E-state index in [0.29, 0.717) is 24.0 Å². The zero-order valence-electron chi connectivity index (χ0n) is 13.3. The van der Waals surface area contributed by atoms with E-state index in [4.69, 9.17) is 0 Å². The van der Waals surface area contributed by atoms with Crippen molar-refractivity contribution in [3.63, 3.8) is 0 Å². The van der Waals surface area contributed by atoms with Crippen molar-refractivity contribution in [3.8, 4) is 0 Å². The van der Waals surface area contributed by atoms with Crippen LogP contribution in [-0.2, 0) is 0 Å². The van der Waals surface area contributed by atoms with Gasteiger partial charge in [0.15, 0.2) is 5.82 Å². The van der Waals surface area contributed by atoms with E-state index in [1.807, 2.05) is 35.5 Å². The third-order valence-electron chi connectivity index (χ3n) is 3.87. The van der Waals surface area contributed by atoms with Gasteiger partial charge in [-0.25, -0.2) is 19.7 Å². The number of piperidine rings is 1. The van der Waals surface area contributed by atoms with Crippen LogP contribution in [0.25, 0.3) is 0 Å². The van der Waals surface area contributed by atoms with Gasteiger partial charge in [0.1, 0.15) is 12.0 Å². The molecule has 3 rings (SSSR count). The largest absolute Gasteiger partial charge is 0.361 e. The quantitative estimate of drug-likeness (QED) is 0.934. The average molecular weight is 332 g/mol. The van der Waals surface area contributed by atoms with Crippen molar-refractivity contribution in [1.82, 2.24) is 19.9 Å². The van der Waals surface area contributed by atoms with Crippen LogP contribution in [-0.4, -0.2) is 53.1 Å². The Labute approximate surface area is 139 Å². The molecule has 0 bridgehead atoms. The number of urea groups is 1. The SMILES string of the molecule is CN(C)c1ncncc1NC(=O)N1CCC[C@H](c2nccs2)C1. The van der Waals surface area contributed by atoms with Crippen molar-refractivity contribution in [2.75, 3.05) is 37.4 Å². The molecule has 0 spiro atoms. The van der Waals surface area contributed by atoms with Gasteiger partial charge in [-0.15, -0.1) is 11.3 Å². The van der Waals surface area contributed by atoms with Gasteiger partial charge >= 0.3 is 6.03 Å². The molecular weight excluding hydrogens is 312 g/mol. The minimum atomic E-state index is -0.107. The summed E-state index contributed by atoms with van der Waals surface area (Å²) in [7, 11) is 3.77. The topological polar surface area (TPSA) is 74.2 Å². The van der Waals surface area contributed by atoms with Crippen molar-refractivity contribution in [2.24, 2.45) is 0 Å². The Hall–Kier alpha value is -2.22. The molecule has 23 heavy (non-hydrogen) atoms. The summed E-state index contributed by atoms with van der Waals surface area (Å²) in [5.74, 6) is 1.02. The molecule has 0 aliphatic carbocycles. The van der Waals surface area contributed by atoms with Gasteiger partial charge in [-0.1, -0.05) is 0 Å². The van der Waals surface area contributed by atoms with E-state index >= 15 is 0 Å². The maximum atomic E-state index is 12.6. The molecule has 1 fully saturated rings. The third-order valence-corrected chi connectivity index (χ3v) is 4.80. The van der Waals surface area contributed by atoms with Crippen LogP contribution in [0.2, 0.25) is 0 Å². The van der Waals surface area contributed by atoms with Gasteiger partial charge in [-0.2, -0.15) is 0 Å². The van der Waals surface area contributed by atoms with Crippen LogP contribution in [0.15, 0.2) is 24.1 Å². The Balaban J connectivity index is 1.69. The van der Waals surface area contributed by atoms with Crippen LogP contribution in [0, 0.1) is 0 Å². The van der Waals surface area contributed by atoms with Gasteiger partial charge in [0.2, 0.25) is 0 Å². The summed E-state index contributed by atoms with van der Waals surface area (Å²) in [4.78, 5) is 28.9. The lowest BCUT2D eigenvalue weighted by Gasteiger charge is -2.32. The summed E-state index contributed by atoms with van der Waals surface area (Å²) in [6.45, 7) is 1.46. The Bertz CT molecular complexity index is 660. The Kier molecular flexibility index (Phi) is 4.71. The molecule has 1 aliphatic heterocycles. The average Bonchev–Trinajstić information content (AvgIpc) is 3.10. The third kappa shape index (κ3) is 3.58. The van der Waals surface area contributed by atoms with E-state index in [-0.39, 0.29) is 6.03 Å². The highest BCUT2D eigenvalue weighted by Crippen LogP contribution is 2.29. The molecule has 1 aliphatic rings. The summed E-state index contributed by atoms with van der Waals surface area (Å²) in [6, 6.07) is -0.107. The molecule has 8 heteroatoms. The first-order valence-corrected chi connectivity index (χ1v) is 8.45. The lowest BCUT2D eigenvalue weighted by atomic mass is 9.99. The summed E-state index contributed by atoms with van der Waals surface area (Å²) < 4.78 is 0. The Morgan fingerprint density at radius 1 is 1.43 bits per heavy atom. The fraction of sp³-hybridized carbons (Fsp3) is 0.467. The van der Waals surface area contributed by atoms with Crippen molar-refractivity contribution in [3.05, 3.63) is 29.1 Å². The Morgan fingerprint density at radius 2 is 2.30 bits per heavy atom. The number of anilines is 2. The van der Waals surface area contributed by atoms with E-state index in [1.54, 1.807) is 17.5 Å². The molecule has 2 aromatic rings. The number of amides is 2. The second-order valence-corrected chi connectivity index (χ2v) is 6.67. The number of aromatic nitrogens is 3. The minimum absolute atomic E-state index is 0.107. The molecular formula is C15H20N6OS. The summed E-state index contributed by atoms with van der Waals surface area (Å²) >= 11 is 1.66. The van der Waals surface area contributed by atoms with Crippen LogP contribution in [0.4, 0.5) is 16.3 Å². The van der Waals surface area contributed by atoms with Gasteiger partial charge in [0.05, 0.1) is 11.2 Å². The number of likely N-dealkylation sites (tertiary alicyclic amines) is 1. The molecule has 3 heterocycles. The molecule has 0 saturated carbocycles. The second kappa shape index (κ2) is 6.91. The van der Waals surface area contributed by atoms with Crippen LogP contribution in [0.1, 0.15) is 23.8 Å². The molecule has 0 aromatic carbocycles. The highest BCUT2D eigenvalue weighted by atomic mass is 32.1. The molecule has 1 N–H and O–H groups in total. The predicted octanol–water partition coefficient (Wildman–Crippen LogP) is 2.41. The Morgan fingerprint density at radius 3 is 3.04 bits per heavy atom. The smallest absolute Gasteiger partial charge is 0.322 e. The maximum Gasteiger partial charge on any atom is 0.322 e. The van der Waals surface area contributed by atoms with E-state index < -0.39 is 0 Å². The summed E-state index contributed by atoms with van der Waals surface area (Å²) in [6.07, 6.45) is 6.99. The van der Waals surface area contributed by atoms with Crippen molar-refractivity contribution >= 4 is 28.9 Å². The number of nitrogens with zero attached hydrogens (tertiary/aromatic N) is 5. The summed E-state index contributed by atoms with van der Waals surface area (Å²) in [5, 5.41) is 6.03. The standard InChI is InChI=1S/C15H20N6OS/c1-20(2)13-12(8-16-10-18-13)19-15(22)21-6-3-4-11(9-21)14-17-5-7-23-14/h5,7-8,10-11H,3-4,6,9H2,1-2H3,(H,19,22)/t11-/m0/s1. The number of carbonyl (C=O) groups excluding carboxylic acids is 1. The first-order valence-electron chi connectivity index (χ1n) is 7.58. The van der Waals surface area contributed by atoms with Crippen LogP contribution in [0.5, 0.6) is 0 Å². The molecule has 2 amide bonds. The zero-order chi connectivity index (χ0) is 16.2. The van der Waals surface area contributed by atoms with Crippen LogP contribution < -0.4 is 10.2 Å². The minimum Gasteiger partial charge on any atom is -0.361 e. The molecule has 7 nitrogen and oxygen atoms in total. The van der Waals surface area contributed by atoms with E-state index in [9.17, 15) is 4.79 Å². The molecule has 122 valence electrons. The fourth-order valence-corrected chi connectivity index (χ4v) is 3.53. The highest BCUT2D eigenvalue weighted by molar-refractivity contribution is 7.09. The van der Waals surface area contributed by atoms with Crippen molar-refractivity contribution < 1.29 is 4.79 Å². The number of nitrogens with one attached hydrogen (secondary N) is 1. The lowest BCUT2D eigenvalue weighted by molar-refractivity contribution is 0.192. The summed E-state index contributed by atoms with van der Waals surface area (Å²) in [5.41, 5.74) is 0.624. The fourth-order valence-electron chi connectivity index (χ4n) is 2.76. The maximum absolute atomic E-state index is 12.6. The second-order valence-electron chi connectivity index (χ2n) is 5.74. The lowest BCUT2D eigenvalue weighted by Crippen LogP contribution is -2.41. The van der Waals surface area contributed by atoms with Crippen LogP contribution >= 0.6 is 11.3 Å². The number of hydrogen-bond acceptors (Lipinski definition) is 6. The van der Waals surface area contributed by atoms with Crippen molar-refractivity contribution in [1.29, 1.82) is 0 Å². The normalized spacial score (nSPS) is 17.8. The van der Waals surface area contributed by atoms with Gasteiger partial charge in [-0.05, 0) is 12.8 Å². The number of rotatable bonds is 3. The van der Waals surface area contributed by atoms with Gasteiger partial charge in [0.25, 0.3) is 0 Å². The van der Waals surface area contributed by atoms with Gasteiger partial charge < -0.3 is 15.1 Å². The first-order chi connectivity index (χ1) is 11.1. The molecule has 0 unspecified atom stereocenters. The number of hydrogen-bond donors (Lipinski definition) is 1. The highest BCUT2D eigenvalue weighted by Gasteiger charge is 2.26. The molecule has 2 aromatic heterocycles.